The first-order chi connectivity index (χ1) is 9.70. The molecule has 3 heterocycles. The molecule has 0 amide bonds. The molecule has 5 heteroatoms. The fraction of sp³-hybridized carbons (Fsp3) is 0.0667. The normalized spacial score (nSPS) is 11.7. The van der Waals surface area contributed by atoms with Gasteiger partial charge in [-0.25, -0.2) is 0 Å². The van der Waals surface area contributed by atoms with Crippen LogP contribution in [0.2, 0.25) is 0 Å². The van der Waals surface area contributed by atoms with Crippen LogP contribution in [0.4, 0.5) is 0 Å². The number of hydrogen-bond acceptors (Lipinski definition) is 4. The van der Waals surface area contributed by atoms with Gasteiger partial charge in [0, 0.05) is 23.0 Å². The fourth-order valence-corrected chi connectivity index (χ4v) is 2.72. The SMILES string of the molecule is COc1ccc2c(c1)c1ccnc3cc(O)c(=O)n2c31. The lowest BCUT2D eigenvalue weighted by atomic mass is 10.1. The van der Waals surface area contributed by atoms with Gasteiger partial charge < -0.3 is 9.84 Å². The minimum absolute atomic E-state index is 0.300. The quantitative estimate of drug-likeness (QED) is 0.573. The molecule has 98 valence electrons. The molecule has 0 radical (unpaired) electrons. The Labute approximate surface area is 113 Å². The summed E-state index contributed by atoms with van der Waals surface area (Å²) < 4.78 is 6.74. The molecule has 0 fully saturated rings. The highest BCUT2D eigenvalue weighted by Gasteiger charge is 2.16. The second-order valence-electron chi connectivity index (χ2n) is 4.65. The van der Waals surface area contributed by atoms with Gasteiger partial charge in [-0.3, -0.25) is 14.2 Å². The highest BCUT2D eigenvalue weighted by molar-refractivity contribution is 6.13. The minimum atomic E-state index is -0.435. The second-order valence-corrected chi connectivity index (χ2v) is 4.65. The number of ether oxygens (including phenoxy) is 1. The number of methoxy groups -OCH3 is 1. The molecule has 0 unspecified atom stereocenters. The number of aromatic hydroxyl groups is 1. The Morgan fingerprint density at radius 3 is 2.85 bits per heavy atom. The second kappa shape index (κ2) is 3.60. The molecular weight excluding hydrogens is 256 g/mol. The van der Waals surface area contributed by atoms with Crippen molar-refractivity contribution in [2.45, 2.75) is 0 Å². The molecule has 4 aromatic rings. The van der Waals surface area contributed by atoms with Crippen LogP contribution in [0, 0.1) is 0 Å². The van der Waals surface area contributed by atoms with E-state index in [-0.39, 0.29) is 5.75 Å². The van der Waals surface area contributed by atoms with Crippen LogP contribution in [-0.4, -0.2) is 21.6 Å². The molecule has 0 spiro atoms. The lowest BCUT2D eigenvalue weighted by Crippen LogP contribution is -2.11. The van der Waals surface area contributed by atoms with Gasteiger partial charge >= 0.3 is 0 Å². The zero-order valence-corrected chi connectivity index (χ0v) is 10.6. The number of aromatic nitrogens is 2. The lowest BCUT2D eigenvalue weighted by molar-refractivity contribution is 0.415. The van der Waals surface area contributed by atoms with Gasteiger partial charge in [0.25, 0.3) is 5.56 Å². The van der Waals surface area contributed by atoms with Crippen molar-refractivity contribution in [3.8, 4) is 11.5 Å². The van der Waals surface area contributed by atoms with Crippen molar-refractivity contribution in [2.24, 2.45) is 0 Å². The molecule has 0 aliphatic heterocycles. The summed E-state index contributed by atoms with van der Waals surface area (Å²) >= 11 is 0. The van der Waals surface area contributed by atoms with Crippen molar-refractivity contribution in [3.05, 3.63) is 46.9 Å². The van der Waals surface area contributed by atoms with Crippen LogP contribution in [0.5, 0.6) is 11.5 Å². The average Bonchev–Trinajstić information content (AvgIpc) is 2.80. The van der Waals surface area contributed by atoms with Crippen molar-refractivity contribution in [1.29, 1.82) is 0 Å². The predicted octanol–water partition coefficient (Wildman–Crippen LogP) is 2.15. The van der Waals surface area contributed by atoms with Crippen LogP contribution in [0.15, 0.2) is 41.3 Å². The topological polar surface area (TPSA) is 63.8 Å². The summed E-state index contributed by atoms with van der Waals surface area (Å²) in [5.41, 5.74) is 1.61. The molecule has 0 bridgehead atoms. The molecule has 0 atom stereocenters. The summed E-state index contributed by atoms with van der Waals surface area (Å²) in [7, 11) is 1.60. The van der Waals surface area contributed by atoms with Crippen LogP contribution in [0.25, 0.3) is 27.3 Å². The summed E-state index contributed by atoms with van der Waals surface area (Å²) in [5, 5.41) is 11.6. The number of rotatable bonds is 1. The van der Waals surface area contributed by atoms with Crippen LogP contribution in [0.3, 0.4) is 0 Å². The van der Waals surface area contributed by atoms with Crippen molar-refractivity contribution in [1.82, 2.24) is 9.38 Å². The molecule has 0 aliphatic carbocycles. The van der Waals surface area contributed by atoms with E-state index in [0.29, 0.717) is 5.52 Å². The Morgan fingerprint density at radius 2 is 2.05 bits per heavy atom. The zero-order chi connectivity index (χ0) is 13.9. The van der Waals surface area contributed by atoms with E-state index in [4.69, 9.17) is 4.74 Å². The van der Waals surface area contributed by atoms with Crippen molar-refractivity contribution in [2.75, 3.05) is 7.11 Å². The molecule has 0 saturated heterocycles. The van der Waals surface area contributed by atoms with E-state index in [1.165, 1.54) is 10.5 Å². The van der Waals surface area contributed by atoms with E-state index in [2.05, 4.69) is 4.98 Å². The van der Waals surface area contributed by atoms with Crippen molar-refractivity contribution >= 4 is 27.3 Å². The number of pyridine rings is 2. The van der Waals surface area contributed by atoms with E-state index in [1.807, 2.05) is 18.2 Å². The van der Waals surface area contributed by atoms with Crippen molar-refractivity contribution < 1.29 is 9.84 Å². The summed E-state index contributed by atoms with van der Waals surface area (Å²) in [5.74, 6) is 0.421. The van der Waals surface area contributed by atoms with Gasteiger partial charge in [-0.2, -0.15) is 0 Å². The molecule has 3 aromatic heterocycles. The molecule has 0 saturated carbocycles. The molecule has 0 aliphatic rings. The maximum Gasteiger partial charge on any atom is 0.297 e. The summed E-state index contributed by atoms with van der Waals surface area (Å²) in [4.78, 5) is 16.4. The maximum absolute atomic E-state index is 12.2. The van der Waals surface area contributed by atoms with Crippen LogP contribution < -0.4 is 10.3 Å². The van der Waals surface area contributed by atoms with Gasteiger partial charge in [0.1, 0.15) is 5.75 Å². The first kappa shape index (κ1) is 11.0. The first-order valence-electron chi connectivity index (χ1n) is 6.13. The molecule has 1 aromatic carbocycles. The average molecular weight is 266 g/mol. The van der Waals surface area contributed by atoms with Crippen molar-refractivity contribution in [3.63, 3.8) is 0 Å². The van der Waals surface area contributed by atoms with Gasteiger partial charge in [-0.05, 0) is 24.3 Å². The van der Waals surface area contributed by atoms with Gasteiger partial charge in [0.2, 0.25) is 0 Å². The Kier molecular flexibility index (Phi) is 1.99. The molecular formula is C15H10N2O3. The fourth-order valence-electron chi connectivity index (χ4n) is 2.72. The molecule has 20 heavy (non-hydrogen) atoms. The zero-order valence-electron chi connectivity index (χ0n) is 10.6. The maximum atomic E-state index is 12.2. The Hall–Kier alpha value is -2.82. The predicted molar refractivity (Wildman–Crippen MR) is 75.9 cm³/mol. The Balaban J connectivity index is 2.40. The van der Waals surface area contributed by atoms with E-state index in [0.717, 1.165) is 27.6 Å². The van der Waals surface area contributed by atoms with Crippen LogP contribution >= 0.6 is 0 Å². The van der Waals surface area contributed by atoms with Crippen LogP contribution in [0.1, 0.15) is 0 Å². The highest BCUT2D eigenvalue weighted by atomic mass is 16.5. The third-order valence-electron chi connectivity index (χ3n) is 3.61. The molecule has 4 rings (SSSR count). The molecule has 5 nitrogen and oxygen atoms in total. The third-order valence-corrected chi connectivity index (χ3v) is 3.61. The van der Waals surface area contributed by atoms with Gasteiger partial charge in [0.05, 0.1) is 23.7 Å². The monoisotopic (exact) mass is 266 g/mol. The minimum Gasteiger partial charge on any atom is -0.503 e. The van der Waals surface area contributed by atoms with Crippen LogP contribution in [-0.2, 0) is 0 Å². The number of fused-ring (bicyclic) bond motifs is 3. The molecule has 1 N–H and O–H groups in total. The first-order valence-corrected chi connectivity index (χ1v) is 6.13. The van der Waals surface area contributed by atoms with E-state index < -0.39 is 5.56 Å². The van der Waals surface area contributed by atoms with Gasteiger partial charge in [-0.1, -0.05) is 0 Å². The standard InChI is InChI=1S/C15H10N2O3/c1-20-8-2-3-12-10(6-8)9-4-5-16-11-7-13(18)15(19)17(12)14(9)11/h2-7,18H,1H3. The summed E-state index contributed by atoms with van der Waals surface area (Å²) in [6, 6.07) is 8.75. The smallest absolute Gasteiger partial charge is 0.297 e. The van der Waals surface area contributed by atoms with E-state index in [9.17, 15) is 9.90 Å². The highest BCUT2D eigenvalue weighted by Crippen LogP contribution is 2.32. The lowest BCUT2D eigenvalue weighted by Gasteiger charge is -2.00. The Bertz CT molecular complexity index is 1020. The number of hydrogen-bond donors (Lipinski definition) is 1. The van der Waals surface area contributed by atoms with Gasteiger partial charge in [-0.15, -0.1) is 0 Å². The number of benzene rings is 1. The van der Waals surface area contributed by atoms with E-state index >= 15 is 0 Å². The summed E-state index contributed by atoms with van der Waals surface area (Å²) in [6.45, 7) is 0. The van der Waals surface area contributed by atoms with Gasteiger partial charge in [0.15, 0.2) is 5.75 Å². The van der Waals surface area contributed by atoms with E-state index in [1.54, 1.807) is 19.4 Å². The number of nitrogens with zero attached hydrogens (tertiary/aromatic N) is 2. The third kappa shape index (κ3) is 1.21. The largest absolute Gasteiger partial charge is 0.503 e. The summed E-state index contributed by atoms with van der Waals surface area (Å²) in [6.07, 6.45) is 1.67. The Morgan fingerprint density at radius 1 is 1.20 bits per heavy atom.